The van der Waals surface area contributed by atoms with E-state index in [1.807, 2.05) is 34.6 Å². The Kier molecular flexibility index (Phi) is 5.17. The number of ether oxygens (including phenoxy) is 1. The van der Waals surface area contributed by atoms with Crippen molar-refractivity contribution in [2.75, 3.05) is 0 Å². The van der Waals surface area contributed by atoms with Crippen LogP contribution in [0.5, 0.6) is 0 Å². The fourth-order valence-electron chi connectivity index (χ4n) is 1.04. The first-order chi connectivity index (χ1) is 6.32. The summed E-state index contributed by atoms with van der Waals surface area (Å²) in [6, 6.07) is 0. The molecule has 0 N–H and O–H groups in total. The number of rotatable bonds is 5. The second kappa shape index (κ2) is 5.38. The minimum absolute atomic E-state index is 0.0468. The van der Waals surface area contributed by atoms with Gasteiger partial charge in [-0.15, -0.1) is 0 Å². The van der Waals surface area contributed by atoms with Crippen LogP contribution in [0.15, 0.2) is 0 Å². The molecule has 0 aliphatic rings. The summed E-state index contributed by atoms with van der Waals surface area (Å²) >= 11 is 0. The average Bonchev–Trinajstić information content (AvgIpc) is 2.03. The van der Waals surface area contributed by atoms with Crippen molar-refractivity contribution >= 4 is 5.97 Å². The molecule has 0 aliphatic heterocycles. The Morgan fingerprint density at radius 2 is 1.79 bits per heavy atom. The summed E-state index contributed by atoms with van der Waals surface area (Å²) in [5.41, 5.74) is -0.373. The van der Waals surface area contributed by atoms with Crippen LogP contribution in [-0.4, -0.2) is 12.1 Å². The maximum absolute atomic E-state index is 11.8. The molecular weight excluding hydrogens is 176 g/mol. The first-order valence-corrected chi connectivity index (χ1v) is 5.53. The Hall–Kier alpha value is -0.530. The lowest BCUT2D eigenvalue weighted by atomic mass is 9.81. The maximum Gasteiger partial charge on any atom is 0.312 e. The molecule has 0 saturated carbocycles. The standard InChI is InChI=1S/C12H24O2/c1-7-8-10(4)14-11(13)12(5,6)9(2)3/h9-10H,7-8H2,1-6H3/t10-/m1/s1. The van der Waals surface area contributed by atoms with E-state index < -0.39 is 0 Å². The Bertz CT molecular complexity index is 183. The van der Waals surface area contributed by atoms with Crippen molar-refractivity contribution in [3.05, 3.63) is 0 Å². The molecule has 1 atom stereocenters. The van der Waals surface area contributed by atoms with Crippen LogP contribution in [0.25, 0.3) is 0 Å². The predicted octanol–water partition coefficient (Wildman–Crippen LogP) is 3.40. The van der Waals surface area contributed by atoms with Crippen LogP contribution in [0.1, 0.15) is 54.4 Å². The van der Waals surface area contributed by atoms with Crippen molar-refractivity contribution in [3.8, 4) is 0 Å². The minimum atomic E-state index is -0.373. The molecule has 0 unspecified atom stereocenters. The fourth-order valence-corrected chi connectivity index (χ4v) is 1.04. The van der Waals surface area contributed by atoms with Crippen LogP contribution in [0.3, 0.4) is 0 Å². The van der Waals surface area contributed by atoms with Crippen molar-refractivity contribution in [2.24, 2.45) is 11.3 Å². The quantitative estimate of drug-likeness (QED) is 0.636. The third-order valence-corrected chi connectivity index (χ3v) is 2.97. The van der Waals surface area contributed by atoms with Gasteiger partial charge in [0.2, 0.25) is 0 Å². The second-order valence-corrected chi connectivity index (χ2v) is 4.88. The first kappa shape index (κ1) is 13.5. The van der Waals surface area contributed by atoms with Gasteiger partial charge in [-0.2, -0.15) is 0 Å². The topological polar surface area (TPSA) is 26.3 Å². The summed E-state index contributed by atoms with van der Waals surface area (Å²) in [6.07, 6.45) is 2.04. The van der Waals surface area contributed by atoms with Gasteiger partial charge in [-0.25, -0.2) is 0 Å². The van der Waals surface area contributed by atoms with Crippen molar-refractivity contribution in [3.63, 3.8) is 0 Å². The molecule has 84 valence electrons. The molecule has 0 heterocycles. The molecule has 0 aromatic carbocycles. The summed E-state index contributed by atoms with van der Waals surface area (Å²) in [5, 5.41) is 0. The van der Waals surface area contributed by atoms with E-state index in [4.69, 9.17) is 4.74 Å². The molecule has 2 heteroatoms. The summed E-state index contributed by atoms with van der Waals surface area (Å²) < 4.78 is 5.38. The molecule has 0 fully saturated rings. The normalized spacial score (nSPS) is 14.2. The number of hydrogen-bond donors (Lipinski definition) is 0. The van der Waals surface area contributed by atoms with Crippen LogP contribution in [-0.2, 0) is 9.53 Å². The van der Waals surface area contributed by atoms with Crippen molar-refractivity contribution in [1.82, 2.24) is 0 Å². The van der Waals surface area contributed by atoms with E-state index in [1.165, 1.54) is 0 Å². The number of esters is 1. The van der Waals surface area contributed by atoms with Gasteiger partial charge in [-0.1, -0.05) is 27.2 Å². The van der Waals surface area contributed by atoms with Gasteiger partial charge < -0.3 is 4.74 Å². The molecule has 0 aliphatic carbocycles. The molecule has 14 heavy (non-hydrogen) atoms. The largest absolute Gasteiger partial charge is 0.462 e. The summed E-state index contributed by atoms with van der Waals surface area (Å²) in [6.45, 7) is 12.0. The van der Waals surface area contributed by atoms with Crippen LogP contribution in [0.2, 0.25) is 0 Å². The zero-order valence-corrected chi connectivity index (χ0v) is 10.4. The molecule has 0 aromatic heterocycles. The van der Waals surface area contributed by atoms with E-state index in [-0.39, 0.29) is 17.5 Å². The van der Waals surface area contributed by atoms with Crippen molar-refractivity contribution < 1.29 is 9.53 Å². The lowest BCUT2D eigenvalue weighted by Crippen LogP contribution is -2.33. The zero-order chi connectivity index (χ0) is 11.4. The number of carbonyl (C=O) groups is 1. The number of hydrogen-bond acceptors (Lipinski definition) is 2. The highest BCUT2D eigenvalue weighted by Gasteiger charge is 2.33. The van der Waals surface area contributed by atoms with Crippen LogP contribution in [0.4, 0.5) is 0 Å². The minimum Gasteiger partial charge on any atom is -0.462 e. The third kappa shape index (κ3) is 3.69. The lowest BCUT2D eigenvalue weighted by molar-refractivity contribution is -0.161. The summed E-state index contributed by atoms with van der Waals surface area (Å²) in [4.78, 5) is 11.8. The second-order valence-electron chi connectivity index (χ2n) is 4.88. The summed E-state index contributed by atoms with van der Waals surface area (Å²) in [7, 11) is 0. The SMILES string of the molecule is CCC[C@@H](C)OC(=O)C(C)(C)C(C)C. The van der Waals surface area contributed by atoms with Crippen molar-refractivity contribution in [1.29, 1.82) is 0 Å². The Morgan fingerprint density at radius 1 is 1.29 bits per heavy atom. The molecular formula is C12H24O2. The molecule has 0 spiro atoms. The smallest absolute Gasteiger partial charge is 0.312 e. The van der Waals surface area contributed by atoms with Gasteiger partial charge >= 0.3 is 5.97 Å². The van der Waals surface area contributed by atoms with Gasteiger partial charge in [-0.3, -0.25) is 4.79 Å². The lowest BCUT2D eigenvalue weighted by Gasteiger charge is -2.28. The van der Waals surface area contributed by atoms with E-state index in [2.05, 4.69) is 6.92 Å². The van der Waals surface area contributed by atoms with Gasteiger partial charge in [-0.05, 0) is 33.1 Å². The van der Waals surface area contributed by atoms with E-state index in [1.54, 1.807) is 0 Å². The molecule has 0 radical (unpaired) electrons. The van der Waals surface area contributed by atoms with E-state index in [0.717, 1.165) is 12.8 Å². The van der Waals surface area contributed by atoms with E-state index in [9.17, 15) is 4.79 Å². The highest BCUT2D eigenvalue weighted by Crippen LogP contribution is 2.28. The third-order valence-electron chi connectivity index (χ3n) is 2.97. The highest BCUT2D eigenvalue weighted by atomic mass is 16.5. The first-order valence-electron chi connectivity index (χ1n) is 5.53. The Labute approximate surface area is 88.0 Å². The molecule has 0 amide bonds. The van der Waals surface area contributed by atoms with Gasteiger partial charge in [0.1, 0.15) is 0 Å². The average molecular weight is 200 g/mol. The van der Waals surface area contributed by atoms with Gasteiger partial charge in [0.05, 0.1) is 11.5 Å². The van der Waals surface area contributed by atoms with Gasteiger partial charge in [0.25, 0.3) is 0 Å². The van der Waals surface area contributed by atoms with Gasteiger partial charge in [0.15, 0.2) is 0 Å². The van der Waals surface area contributed by atoms with Crippen molar-refractivity contribution in [2.45, 2.75) is 60.5 Å². The molecule has 0 bridgehead atoms. The van der Waals surface area contributed by atoms with E-state index >= 15 is 0 Å². The molecule has 0 saturated heterocycles. The zero-order valence-electron chi connectivity index (χ0n) is 10.4. The van der Waals surface area contributed by atoms with E-state index in [0.29, 0.717) is 5.92 Å². The Morgan fingerprint density at radius 3 is 2.14 bits per heavy atom. The molecule has 2 nitrogen and oxygen atoms in total. The van der Waals surface area contributed by atoms with Gasteiger partial charge in [0, 0.05) is 0 Å². The Balaban J connectivity index is 4.20. The summed E-state index contributed by atoms with van der Waals surface area (Å²) in [5.74, 6) is 0.234. The van der Waals surface area contributed by atoms with Crippen LogP contribution >= 0.6 is 0 Å². The molecule has 0 aromatic rings. The van der Waals surface area contributed by atoms with Crippen LogP contribution in [0, 0.1) is 11.3 Å². The molecule has 0 rings (SSSR count). The monoisotopic (exact) mass is 200 g/mol. The highest BCUT2D eigenvalue weighted by molar-refractivity contribution is 5.76. The predicted molar refractivity (Wildman–Crippen MR) is 59.1 cm³/mol. The number of carbonyl (C=O) groups excluding carboxylic acids is 1. The van der Waals surface area contributed by atoms with Crippen LogP contribution < -0.4 is 0 Å². The fraction of sp³-hybridized carbons (Fsp3) is 0.917. The maximum atomic E-state index is 11.8.